The third-order valence-corrected chi connectivity index (χ3v) is 3.46. The average Bonchev–Trinajstić information content (AvgIpc) is 2.89. The number of hydrogen-bond donors (Lipinski definition) is 1. The van der Waals surface area contributed by atoms with Crippen molar-refractivity contribution in [1.82, 2.24) is 0 Å². The van der Waals surface area contributed by atoms with Gasteiger partial charge < -0.3 is 10.5 Å². The zero-order valence-corrected chi connectivity index (χ0v) is 10.9. The van der Waals surface area contributed by atoms with Gasteiger partial charge in [-0.05, 0) is 36.6 Å². The van der Waals surface area contributed by atoms with Crippen LogP contribution >= 0.6 is 11.3 Å². The number of ether oxygens (including phenoxy) is 1. The number of nitrogens with two attached hydrogens (primary N) is 1. The molecule has 2 atom stereocenters. The van der Waals surface area contributed by atoms with E-state index in [4.69, 9.17) is 15.7 Å². The van der Waals surface area contributed by atoms with Gasteiger partial charge in [0.05, 0.1) is 11.6 Å². The molecule has 1 aromatic carbocycles. The van der Waals surface area contributed by atoms with Crippen molar-refractivity contribution in [3.63, 3.8) is 0 Å². The van der Waals surface area contributed by atoms with Crippen LogP contribution in [0.4, 0.5) is 0 Å². The Balaban J connectivity index is 2.22. The molecule has 0 radical (unpaired) electrons. The normalized spacial score (nSPS) is 13.6. The molecule has 0 spiro atoms. The number of nitrogens with zero attached hydrogens (tertiary/aromatic N) is 1. The highest BCUT2D eigenvalue weighted by Gasteiger charge is 2.19. The third kappa shape index (κ3) is 2.89. The molecule has 0 aliphatic carbocycles. The summed E-state index contributed by atoms with van der Waals surface area (Å²) in [6.07, 6.45) is -0.182. The van der Waals surface area contributed by atoms with E-state index >= 15 is 0 Å². The maximum Gasteiger partial charge on any atom is 0.148 e. The summed E-state index contributed by atoms with van der Waals surface area (Å²) < 4.78 is 5.90. The molecule has 2 aromatic rings. The summed E-state index contributed by atoms with van der Waals surface area (Å²) in [5, 5.41) is 10.9. The molecular weight excluding hydrogens is 244 g/mol. The minimum atomic E-state index is -0.182. The summed E-state index contributed by atoms with van der Waals surface area (Å²) in [6.45, 7) is 1.92. The summed E-state index contributed by atoms with van der Waals surface area (Å²) in [5.74, 6) is 0.671. The van der Waals surface area contributed by atoms with Crippen LogP contribution in [0.15, 0.2) is 41.8 Å². The fourth-order valence-electron chi connectivity index (χ4n) is 1.66. The first-order valence-corrected chi connectivity index (χ1v) is 6.54. The quantitative estimate of drug-likeness (QED) is 0.916. The maximum absolute atomic E-state index is 8.86. The summed E-state index contributed by atoms with van der Waals surface area (Å²) in [7, 11) is 0. The predicted octanol–water partition coefficient (Wildman–Crippen LogP) is 3.09. The smallest absolute Gasteiger partial charge is 0.148 e. The van der Waals surface area contributed by atoms with Crippen molar-refractivity contribution in [2.45, 2.75) is 19.1 Å². The first-order valence-electron chi connectivity index (χ1n) is 5.66. The van der Waals surface area contributed by atoms with E-state index in [0.717, 1.165) is 4.88 Å². The van der Waals surface area contributed by atoms with E-state index in [9.17, 15) is 0 Å². The van der Waals surface area contributed by atoms with Gasteiger partial charge in [0.25, 0.3) is 0 Å². The van der Waals surface area contributed by atoms with E-state index in [-0.39, 0.29) is 12.1 Å². The highest BCUT2D eigenvalue weighted by molar-refractivity contribution is 7.10. The zero-order chi connectivity index (χ0) is 13.0. The Bertz CT molecular complexity index is 543. The highest BCUT2D eigenvalue weighted by Crippen LogP contribution is 2.27. The second-order valence-corrected chi connectivity index (χ2v) is 5.03. The van der Waals surface area contributed by atoms with Crippen molar-refractivity contribution in [2.75, 3.05) is 0 Å². The molecule has 18 heavy (non-hydrogen) atoms. The number of nitriles is 1. The van der Waals surface area contributed by atoms with Crippen molar-refractivity contribution < 1.29 is 4.74 Å². The monoisotopic (exact) mass is 258 g/mol. The molecule has 2 rings (SSSR count). The van der Waals surface area contributed by atoms with Gasteiger partial charge in [-0.2, -0.15) is 5.26 Å². The van der Waals surface area contributed by atoms with Crippen molar-refractivity contribution in [1.29, 1.82) is 5.26 Å². The molecule has 2 N–H and O–H groups in total. The Kier molecular flexibility index (Phi) is 3.98. The molecule has 1 heterocycles. The Morgan fingerprint density at radius 2 is 2.17 bits per heavy atom. The van der Waals surface area contributed by atoms with Gasteiger partial charge in [-0.15, -0.1) is 11.3 Å². The summed E-state index contributed by atoms with van der Waals surface area (Å²) >= 11 is 1.62. The summed E-state index contributed by atoms with van der Waals surface area (Å²) in [6, 6.07) is 13.1. The number of benzene rings is 1. The van der Waals surface area contributed by atoms with Crippen LogP contribution < -0.4 is 10.5 Å². The molecule has 4 heteroatoms. The molecule has 0 saturated heterocycles. The van der Waals surface area contributed by atoms with E-state index in [1.807, 2.05) is 30.5 Å². The summed E-state index contributed by atoms with van der Waals surface area (Å²) in [4.78, 5) is 1.09. The van der Waals surface area contributed by atoms with Gasteiger partial charge in [-0.1, -0.05) is 12.1 Å². The van der Waals surface area contributed by atoms with E-state index in [2.05, 4.69) is 6.07 Å². The molecule has 0 saturated carbocycles. The average molecular weight is 258 g/mol. The number of hydrogen-bond acceptors (Lipinski definition) is 4. The third-order valence-electron chi connectivity index (χ3n) is 2.53. The Labute approximate surface area is 110 Å². The Morgan fingerprint density at radius 3 is 2.78 bits per heavy atom. The first-order chi connectivity index (χ1) is 8.70. The Hall–Kier alpha value is -1.83. The second-order valence-electron chi connectivity index (χ2n) is 4.05. The molecule has 1 aromatic heterocycles. The topological polar surface area (TPSA) is 59.0 Å². The van der Waals surface area contributed by atoms with Crippen molar-refractivity contribution in [3.8, 4) is 11.8 Å². The van der Waals surface area contributed by atoms with Gasteiger partial charge in [0, 0.05) is 10.9 Å². The fourth-order valence-corrected chi connectivity index (χ4v) is 2.53. The molecule has 2 unspecified atom stereocenters. The lowest BCUT2D eigenvalue weighted by Crippen LogP contribution is -2.28. The van der Waals surface area contributed by atoms with Crippen LogP contribution in [0.25, 0.3) is 0 Å². The van der Waals surface area contributed by atoms with Crippen LogP contribution in [0.2, 0.25) is 0 Å². The van der Waals surface area contributed by atoms with E-state index in [1.165, 1.54) is 0 Å². The van der Waals surface area contributed by atoms with Gasteiger partial charge in [0.15, 0.2) is 0 Å². The van der Waals surface area contributed by atoms with Gasteiger partial charge >= 0.3 is 0 Å². The number of rotatable bonds is 4. The van der Waals surface area contributed by atoms with E-state index < -0.39 is 0 Å². The van der Waals surface area contributed by atoms with E-state index in [1.54, 1.807) is 29.5 Å². The minimum Gasteiger partial charge on any atom is -0.483 e. The lowest BCUT2D eigenvalue weighted by atomic mass is 10.1. The van der Waals surface area contributed by atoms with Crippen LogP contribution in [-0.2, 0) is 0 Å². The predicted molar refractivity (Wildman–Crippen MR) is 72.5 cm³/mol. The maximum atomic E-state index is 8.86. The van der Waals surface area contributed by atoms with E-state index in [0.29, 0.717) is 11.3 Å². The lowest BCUT2D eigenvalue weighted by Gasteiger charge is -2.21. The molecule has 0 fully saturated rings. The molecule has 3 nitrogen and oxygen atoms in total. The van der Waals surface area contributed by atoms with Crippen molar-refractivity contribution in [3.05, 3.63) is 52.2 Å². The zero-order valence-electron chi connectivity index (χ0n) is 10.0. The fraction of sp³-hybridized carbons (Fsp3) is 0.214. The van der Waals surface area contributed by atoms with Crippen LogP contribution in [-0.4, -0.2) is 6.04 Å². The van der Waals surface area contributed by atoms with Crippen molar-refractivity contribution in [2.24, 2.45) is 5.73 Å². The Morgan fingerprint density at radius 1 is 1.33 bits per heavy atom. The van der Waals surface area contributed by atoms with Crippen LogP contribution in [0, 0.1) is 11.3 Å². The van der Waals surface area contributed by atoms with Crippen LogP contribution in [0.5, 0.6) is 5.75 Å². The largest absolute Gasteiger partial charge is 0.483 e. The van der Waals surface area contributed by atoms with Gasteiger partial charge in [-0.3, -0.25) is 0 Å². The molecule has 0 amide bonds. The summed E-state index contributed by atoms with van der Waals surface area (Å²) in [5.41, 5.74) is 6.55. The molecular formula is C14H14N2OS. The van der Waals surface area contributed by atoms with Crippen LogP contribution in [0.1, 0.15) is 23.5 Å². The molecule has 0 bridgehead atoms. The SMILES string of the molecule is CC(N)C(Oc1cccc(C#N)c1)c1cccs1. The van der Waals surface area contributed by atoms with Gasteiger partial charge in [0.2, 0.25) is 0 Å². The second kappa shape index (κ2) is 5.67. The minimum absolute atomic E-state index is 0.116. The standard InChI is InChI=1S/C14H14N2OS/c1-10(16)14(13-6-3-7-18-13)17-12-5-2-4-11(8-12)9-15/h2-8,10,14H,16H2,1H3. The van der Waals surface area contributed by atoms with Crippen LogP contribution in [0.3, 0.4) is 0 Å². The molecule has 92 valence electrons. The highest BCUT2D eigenvalue weighted by atomic mass is 32.1. The van der Waals surface area contributed by atoms with Gasteiger partial charge in [0.1, 0.15) is 11.9 Å². The number of thiophene rings is 1. The van der Waals surface area contributed by atoms with Crippen molar-refractivity contribution >= 4 is 11.3 Å². The molecule has 0 aliphatic rings. The van der Waals surface area contributed by atoms with Gasteiger partial charge in [-0.25, -0.2) is 0 Å². The lowest BCUT2D eigenvalue weighted by molar-refractivity contribution is 0.184. The first kappa shape index (κ1) is 12.6. The molecule has 0 aliphatic heterocycles.